The molecule has 0 amide bonds. The first-order chi connectivity index (χ1) is 8.53. The average Bonchev–Trinajstić information content (AvgIpc) is 2.39. The predicted molar refractivity (Wildman–Crippen MR) is 70.5 cm³/mol. The molecule has 1 unspecified atom stereocenters. The van der Waals surface area contributed by atoms with Gasteiger partial charge in [-0.25, -0.2) is 8.78 Å². The van der Waals surface area contributed by atoms with Gasteiger partial charge >= 0.3 is 0 Å². The minimum atomic E-state index is -2.76. The normalized spacial score (nSPS) is 33.9. The minimum absolute atomic E-state index is 0.255. The van der Waals surface area contributed by atoms with E-state index in [2.05, 4.69) is 6.58 Å². The first-order valence-corrected chi connectivity index (χ1v) is 7.00. The summed E-state index contributed by atoms with van der Waals surface area (Å²) in [6, 6.07) is 0.255. The zero-order valence-corrected chi connectivity index (χ0v) is 10.9. The minimum Gasteiger partial charge on any atom is -0.328 e. The molecule has 0 aromatic carbocycles. The number of hydrogen-bond acceptors (Lipinski definition) is 1. The molecule has 102 valence electrons. The molecule has 18 heavy (non-hydrogen) atoms. The van der Waals surface area contributed by atoms with Crippen molar-refractivity contribution in [1.82, 2.24) is 0 Å². The summed E-state index contributed by atoms with van der Waals surface area (Å²) in [5.74, 6) is -2.98. The molecule has 0 aromatic heterocycles. The summed E-state index contributed by atoms with van der Waals surface area (Å²) < 4.78 is 27.3. The van der Waals surface area contributed by atoms with E-state index in [1.807, 2.05) is 6.08 Å². The third-order valence-corrected chi connectivity index (χ3v) is 4.40. The van der Waals surface area contributed by atoms with Crippen molar-refractivity contribution in [2.45, 2.75) is 56.9 Å². The number of allylic oxidation sites excluding steroid dienone is 3. The molecule has 0 aliphatic heterocycles. The van der Waals surface area contributed by atoms with Crippen molar-refractivity contribution in [3.05, 3.63) is 24.3 Å². The zero-order chi connectivity index (χ0) is 13.2. The Morgan fingerprint density at radius 3 is 2.72 bits per heavy atom. The molecule has 3 atom stereocenters. The van der Waals surface area contributed by atoms with Crippen LogP contribution in [-0.4, -0.2) is 12.0 Å². The molecular formula is C15H23F2N. The molecule has 0 bridgehead atoms. The second-order valence-corrected chi connectivity index (χ2v) is 5.74. The predicted octanol–water partition coefficient (Wildman–Crippen LogP) is 4.05. The lowest BCUT2D eigenvalue weighted by molar-refractivity contribution is 0.00443. The van der Waals surface area contributed by atoms with E-state index < -0.39 is 11.8 Å². The molecule has 0 aromatic rings. The summed E-state index contributed by atoms with van der Waals surface area (Å²) >= 11 is 0. The summed E-state index contributed by atoms with van der Waals surface area (Å²) in [6.07, 6.45) is 9.33. The average molecular weight is 255 g/mol. The first kappa shape index (κ1) is 13.7. The fourth-order valence-electron chi connectivity index (χ4n) is 3.31. The second kappa shape index (κ2) is 5.52. The summed E-state index contributed by atoms with van der Waals surface area (Å²) in [7, 11) is 0. The van der Waals surface area contributed by atoms with Crippen LogP contribution in [0.5, 0.6) is 0 Å². The van der Waals surface area contributed by atoms with Crippen molar-refractivity contribution < 1.29 is 8.78 Å². The summed E-state index contributed by atoms with van der Waals surface area (Å²) in [5, 5.41) is 0. The molecule has 2 aliphatic carbocycles. The SMILES string of the molecule is C=CC(F)(F)C1C=C([C@H]2CCC[C@@H](N)C2)CCC1. The van der Waals surface area contributed by atoms with Gasteiger partial charge in [0, 0.05) is 12.0 Å². The highest BCUT2D eigenvalue weighted by atomic mass is 19.3. The highest BCUT2D eigenvalue weighted by molar-refractivity contribution is 5.17. The maximum atomic E-state index is 13.7. The maximum absolute atomic E-state index is 13.7. The van der Waals surface area contributed by atoms with Crippen LogP contribution in [0.3, 0.4) is 0 Å². The van der Waals surface area contributed by atoms with Gasteiger partial charge in [-0.05, 0) is 50.5 Å². The van der Waals surface area contributed by atoms with Crippen molar-refractivity contribution in [1.29, 1.82) is 0 Å². The van der Waals surface area contributed by atoms with Gasteiger partial charge in [-0.2, -0.15) is 0 Å². The Bertz CT molecular complexity index is 335. The van der Waals surface area contributed by atoms with Crippen LogP contribution >= 0.6 is 0 Å². The van der Waals surface area contributed by atoms with Gasteiger partial charge in [0.05, 0.1) is 0 Å². The molecule has 0 radical (unpaired) electrons. The van der Waals surface area contributed by atoms with Crippen molar-refractivity contribution >= 4 is 0 Å². The summed E-state index contributed by atoms with van der Waals surface area (Å²) in [6.45, 7) is 3.26. The highest BCUT2D eigenvalue weighted by Gasteiger charge is 2.37. The van der Waals surface area contributed by atoms with E-state index in [4.69, 9.17) is 5.73 Å². The van der Waals surface area contributed by atoms with Crippen LogP contribution in [0.4, 0.5) is 8.78 Å². The molecule has 2 N–H and O–H groups in total. The van der Waals surface area contributed by atoms with Crippen molar-refractivity contribution in [3.63, 3.8) is 0 Å². The van der Waals surface area contributed by atoms with E-state index in [1.54, 1.807) is 0 Å². The molecule has 3 heteroatoms. The molecular weight excluding hydrogens is 232 g/mol. The van der Waals surface area contributed by atoms with Crippen LogP contribution in [0, 0.1) is 11.8 Å². The molecule has 0 spiro atoms. The van der Waals surface area contributed by atoms with E-state index in [-0.39, 0.29) is 6.04 Å². The lowest BCUT2D eigenvalue weighted by Crippen LogP contribution is -2.31. The Morgan fingerprint density at radius 2 is 2.06 bits per heavy atom. The highest BCUT2D eigenvalue weighted by Crippen LogP contribution is 2.40. The molecule has 1 saturated carbocycles. The van der Waals surface area contributed by atoms with Gasteiger partial charge in [0.15, 0.2) is 0 Å². The van der Waals surface area contributed by atoms with Gasteiger partial charge in [-0.3, -0.25) is 0 Å². The smallest absolute Gasteiger partial charge is 0.272 e. The van der Waals surface area contributed by atoms with Gasteiger partial charge in [0.25, 0.3) is 5.92 Å². The lowest BCUT2D eigenvalue weighted by Gasteiger charge is -2.33. The molecule has 2 rings (SSSR count). The Balaban J connectivity index is 2.10. The number of nitrogens with two attached hydrogens (primary N) is 1. The maximum Gasteiger partial charge on any atom is 0.272 e. The van der Waals surface area contributed by atoms with Gasteiger partial charge in [0.2, 0.25) is 0 Å². The van der Waals surface area contributed by atoms with Gasteiger partial charge in [-0.1, -0.05) is 24.6 Å². The van der Waals surface area contributed by atoms with E-state index in [0.29, 0.717) is 12.3 Å². The zero-order valence-electron chi connectivity index (χ0n) is 10.9. The molecule has 1 fully saturated rings. The standard InChI is InChI=1S/C15H23F2N/c1-2-15(16,17)13-7-3-5-11(9-13)12-6-4-8-14(18)10-12/h2,9,12-14H,1,3-8,10,18H2/t12-,13?,14+/m0/s1. The van der Waals surface area contributed by atoms with Gasteiger partial charge in [0.1, 0.15) is 0 Å². The van der Waals surface area contributed by atoms with E-state index in [1.165, 1.54) is 5.57 Å². The van der Waals surface area contributed by atoms with Gasteiger partial charge in [-0.15, -0.1) is 0 Å². The molecule has 0 saturated heterocycles. The van der Waals surface area contributed by atoms with E-state index >= 15 is 0 Å². The lowest BCUT2D eigenvalue weighted by atomic mass is 9.75. The Hall–Kier alpha value is -0.700. The largest absolute Gasteiger partial charge is 0.328 e. The van der Waals surface area contributed by atoms with E-state index in [0.717, 1.165) is 44.6 Å². The number of rotatable bonds is 3. The Kier molecular flexibility index (Phi) is 4.21. The van der Waals surface area contributed by atoms with Crippen molar-refractivity contribution in [3.8, 4) is 0 Å². The Morgan fingerprint density at radius 1 is 1.28 bits per heavy atom. The van der Waals surface area contributed by atoms with Gasteiger partial charge < -0.3 is 5.73 Å². The monoisotopic (exact) mass is 255 g/mol. The molecule has 1 nitrogen and oxygen atoms in total. The fraction of sp³-hybridized carbons (Fsp3) is 0.733. The Labute approximate surface area is 108 Å². The van der Waals surface area contributed by atoms with Crippen molar-refractivity contribution in [2.75, 3.05) is 0 Å². The topological polar surface area (TPSA) is 26.0 Å². The fourth-order valence-corrected chi connectivity index (χ4v) is 3.31. The van der Waals surface area contributed by atoms with E-state index in [9.17, 15) is 8.78 Å². The quantitative estimate of drug-likeness (QED) is 0.756. The van der Waals surface area contributed by atoms with Crippen LogP contribution < -0.4 is 5.73 Å². The number of halogens is 2. The third kappa shape index (κ3) is 3.00. The number of alkyl halides is 2. The summed E-state index contributed by atoms with van der Waals surface area (Å²) in [5.41, 5.74) is 7.21. The van der Waals surface area contributed by atoms with Crippen LogP contribution in [0.1, 0.15) is 44.9 Å². The third-order valence-electron chi connectivity index (χ3n) is 4.40. The van der Waals surface area contributed by atoms with Crippen molar-refractivity contribution in [2.24, 2.45) is 17.6 Å². The van der Waals surface area contributed by atoms with Crippen LogP contribution in [-0.2, 0) is 0 Å². The molecule has 2 aliphatic rings. The molecule has 0 heterocycles. The first-order valence-electron chi connectivity index (χ1n) is 7.00. The summed E-state index contributed by atoms with van der Waals surface area (Å²) in [4.78, 5) is 0. The number of hydrogen-bond donors (Lipinski definition) is 1. The van der Waals surface area contributed by atoms with Crippen LogP contribution in [0.25, 0.3) is 0 Å². The van der Waals surface area contributed by atoms with Crippen LogP contribution in [0.15, 0.2) is 24.3 Å². The van der Waals surface area contributed by atoms with Crippen LogP contribution in [0.2, 0.25) is 0 Å². The second-order valence-electron chi connectivity index (χ2n) is 5.74.